The van der Waals surface area contributed by atoms with Crippen molar-refractivity contribution in [2.24, 2.45) is 10.4 Å². The number of amidine groups is 1. The van der Waals surface area contributed by atoms with E-state index in [1.54, 1.807) is 16.8 Å². The fourth-order valence-electron chi connectivity index (χ4n) is 5.14. The second-order valence-corrected chi connectivity index (χ2v) is 10.5. The number of benzene rings is 2. The van der Waals surface area contributed by atoms with E-state index in [-0.39, 0.29) is 12.4 Å². The first-order valence-electron chi connectivity index (χ1n) is 11.7. The second-order valence-electron chi connectivity index (χ2n) is 9.23. The van der Waals surface area contributed by atoms with Crippen LogP contribution in [0.4, 0.5) is 0 Å². The van der Waals surface area contributed by atoms with Gasteiger partial charge in [-0.25, -0.2) is 4.68 Å². The van der Waals surface area contributed by atoms with Crippen LogP contribution in [0, 0.1) is 16.9 Å². The van der Waals surface area contributed by atoms with E-state index >= 15 is 0 Å². The lowest BCUT2D eigenvalue weighted by Crippen LogP contribution is -2.49. The van der Waals surface area contributed by atoms with Crippen LogP contribution in [0.25, 0.3) is 16.9 Å². The molecule has 1 spiro atoms. The molecule has 3 aromatic rings. The third-order valence-electron chi connectivity index (χ3n) is 7.06. The molecule has 0 aliphatic carbocycles. The molecule has 6 nitrogen and oxygen atoms in total. The highest BCUT2D eigenvalue weighted by Crippen LogP contribution is 2.38. The molecule has 0 radical (unpaired) electrons. The van der Waals surface area contributed by atoms with Gasteiger partial charge in [-0.3, -0.25) is 0 Å². The Bertz CT molecular complexity index is 1280. The molecule has 2 aliphatic rings. The summed E-state index contributed by atoms with van der Waals surface area (Å²) in [6.45, 7) is 3.85. The molecule has 2 aromatic carbocycles. The predicted octanol–water partition coefficient (Wildman–Crippen LogP) is 6.61. The van der Waals surface area contributed by atoms with E-state index < -0.39 is 0 Å². The van der Waals surface area contributed by atoms with Gasteiger partial charge in [0.15, 0.2) is 5.84 Å². The summed E-state index contributed by atoms with van der Waals surface area (Å²) < 4.78 is 1.78. The molecule has 2 fully saturated rings. The van der Waals surface area contributed by atoms with Crippen molar-refractivity contribution in [2.75, 3.05) is 26.2 Å². The number of likely N-dealkylation sites (tertiary alicyclic amines) is 1. The molecule has 10 heteroatoms. The first-order chi connectivity index (χ1) is 17.0. The Kier molecular flexibility index (Phi) is 8.49. The van der Waals surface area contributed by atoms with E-state index in [0.29, 0.717) is 37.7 Å². The highest BCUT2D eigenvalue weighted by atomic mass is 35.5. The Morgan fingerprint density at radius 3 is 2.36 bits per heavy atom. The van der Waals surface area contributed by atoms with Crippen molar-refractivity contribution in [1.29, 1.82) is 5.26 Å². The van der Waals surface area contributed by atoms with Gasteiger partial charge >= 0.3 is 0 Å². The first kappa shape index (κ1) is 26.8. The fraction of sp³-hybridized carbons (Fsp3) is 0.346. The minimum Gasteiger partial charge on any atom is -0.354 e. The molecule has 2 aliphatic heterocycles. The van der Waals surface area contributed by atoms with Gasteiger partial charge in [0.05, 0.1) is 16.4 Å². The van der Waals surface area contributed by atoms with E-state index in [4.69, 9.17) is 39.9 Å². The van der Waals surface area contributed by atoms with Gasteiger partial charge in [0.2, 0.25) is 6.19 Å². The van der Waals surface area contributed by atoms with Crippen molar-refractivity contribution in [1.82, 2.24) is 20.0 Å². The third-order valence-corrected chi connectivity index (χ3v) is 7.85. The number of piperidine rings is 2. The van der Waals surface area contributed by atoms with Crippen molar-refractivity contribution in [3.63, 3.8) is 0 Å². The molecule has 0 atom stereocenters. The summed E-state index contributed by atoms with van der Waals surface area (Å²) in [7, 11) is 0. The average Bonchev–Trinajstić information content (AvgIpc) is 3.29. The predicted molar refractivity (Wildman–Crippen MR) is 149 cm³/mol. The number of rotatable bonds is 3. The summed E-state index contributed by atoms with van der Waals surface area (Å²) in [4.78, 5) is 6.41. The highest BCUT2D eigenvalue weighted by Gasteiger charge is 2.37. The van der Waals surface area contributed by atoms with Crippen LogP contribution in [0.15, 0.2) is 53.5 Å². The van der Waals surface area contributed by atoms with Crippen LogP contribution in [0.5, 0.6) is 0 Å². The summed E-state index contributed by atoms with van der Waals surface area (Å²) in [5, 5.41) is 19.6. The molecule has 0 amide bonds. The number of aliphatic imine (C=N–C) groups is 1. The Balaban J connectivity index is 0.00000304. The van der Waals surface area contributed by atoms with Gasteiger partial charge in [-0.05, 0) is 74.0 Å². The van der Waals surface area contributed by atoms with E-state index in [0.717, 1.165) is 50.3 Å². The average molecular weight is 564 g/mol. The monoisotopic (exact) mass is 562 g/mol. The van der Waals surface area contributed by atoms with Crippen LogP contribution in [0.3, 0.4) is 0 Å². The number of hydrogen-bond acceptors (Lipinski definition) is 4. The molecule has 1 aromatic heterocycles. The quantitative estimate of drug-likeness (QED) is 0.221. The number of hydrogen-bond donors (Lipinski definition) is 1. The minimum absolute atomic E-state index is 0. The molecule has 0 unspecified atom stereocenters. The Morgan fingerprint density at radius 2 is 1.72 bits per heavy atom. The van der Waals surface area contributed by atoms with Gasteiger partial charge in [-0.2, -0.15) is 15.4 Å². The third kappa shape index (κ3) is 5.51. The topological polar surface area (TPSA) is 69.2 Å². The molecule has 188 valence electrons. The summed E-state index contributed by atoms with van der Waals surface area (Å²) >= 11 is 18.8. The maximum atomic E-state index is 9.53. The zero-order valence-corrected chi connectivity index (χ0v) is 22.6. The number of aromatic nitrogens is 2. The molecule has 36 heavy (non-hydrogen) atoms. The molecule has 0 saturated carbocycles. The van der Waals surface area contributed by atoms with Crippen molar-refractivity contribution < 1.29 is 0 Å². The van der Waals surface area contributed by atoms with E-state index in [9.17, 15) is 5.26 Å². The molecule has 2 saturated heterocycles. The summed E-state index contributed by atoms with van der Waals surface area (Å²) in [5.41, 5.74) is 3.39. The van der Waals surface area contributed by atoms with Crippen molar-refractivity contribution in [3.05, 3.63) is 69.3 Å². The maximum Gasteiger partial charge on any atom is 0.207 e. The summed E-state index contributed by atoms with van der Waals surface area (Å²) in [6.07, 6.45) is 6.60. The number of nitriles is 1. The van der Waals surface area contributed by atoms with Gasteiger partial charge in [-0.15, -0.1) is 12.4 Å². The van der Waals surface area contributed by atoms with E-state index in [1.165, 1.54) is 12.8 Å². The van der Waals surface area contributed by atoms with Crippen molar-refractivity contribution >= 4 is 53.0 Å². The fourth-order valence-corrected chi connectivity index (χ4v) is 5.76. The first-order valence-corrected chi connectivity index (χ1v) is 12.9. The Hall–Kier alpha value is -2.27. The van der Waals surface area contributed by atoms with Crippen molar-refractivity contribution in [3.8, 4) is 23.1 Å². The van der Waals surface area contributed by atoms with Crippen LogP contribution >= 0.6 is 47.2 Å². The lowest BCUT2D eigenvalue weighted by molar-refractivity contribution is 0.112. The molecule has 1 N–H and O–H groups in total. The Labute approximate surface area is 232 Å². The Morgan fingerprint density at radius 1 is 1.00 bits per heavy atom. The standard InChI is InChI=1S/C26H25Cl3N6.ClH/c27-19-4-2-18(3-5-19)24-15-22(33-35(24)23-7-6-20(28)14-21(23)29)25(32-17-30)34-12-9-26(10-13-34)8-1-11-31-16-26;/h2-7,14-15,31H,1,8-13,16H2;1H. The number of halogens is 4. The lowest BCUT2D eigenvalue weighted by Gasteiger charge is -2.45. The van der Waals surface area contributed by atoms with Crippen molar-refractivity contribution in [2.45, 2.75) is 25.7 Å². The van der Waals surface area contributed by atoms with Crippen LogP contribution in [-0.2, 0) is 0 Å². The molecule has 0 bridgehead atoms. The lowest BCUT2D eigenvalue weighted by atomic mass is 9.73. The van der Waals surface area contributed by atoms with Gasteiger partial charge in [0, 0.05) is 35.2 Å². The summed E-state index contributed by atoms with van der Waals surface area (Å²) in [5.74, 6) is 0.588. The zero-order valence-electron chi connectivity index (χ0n) is 19.6. The highest BCUT2D eigenvalue weighted by molar-refractivity contribution is 6.35. The zero-order chi connectivity index (χ0) is 24.4. The van der Waals surface area contributed by atoms with E-state index in [2.05, 4.69) is 15.2 Å². The summed E-state index contributed by atoms with van der Waals surface area (Å²) in [6, 6.07) is 14.8. The van der Waals surface area contributed by atoms with Crippen LogP contribution in [0.2, 0.25) is 15.1 Å². The van der Waals surface area contributed by atoms with Gasteiger partial charge in [0.1, 0.15) is 5.69 Å². The number of nitrogens with zero attached hydrogens (tertiary/aromatic N) is 5. The number of nitrogens with one attached hydrogen (secondary N) is 1. The maximum absolute atomic E-state index is 9.53. The molecular formula is C26H26Cl4N6. The SMILES string of the molecule is Cl.N#CN=C(c1cc(-c2ccc(Cl)cc2)n(-c2ccc(Cl)cc2Cl)n1)N1CCC2(CCCNC2)CC1. The molecule has 5 rings (SSSR count). The van der Waals surface area contributed by atoms with Gasteiger partial charge < -0.3 is 10.2 Å². The van der Waals surface area contributed by atoms with Crippen LogP contribution < -0.4 is 5.32 Å². The smallest absolute Gasteiger partial charge is 0.207 e. The van der Waals surface area contributed by atoms with Crippen LogP contribution in [-0.4, -0.2) is 46.7 Å². The second kappa shape index (κ2) is 11.4. The van der Waals surface area contributed by atoms with Gasteiger partial charge in [-0.1, -0.05) is 46.9 Å². The normalized spacial score (nSPS) is 17.5. The van der Waals surface area contributed by atoms with Gasteiger partial charge in [0.25, 0.3) is 0 Å². The molecular weight excluding hydrogens is 538 g/mol. The van der Waals surface area contributed by atoms with E-state index in [1.807, 2.05) is 42.6 Å². The minimum atomic E-state index is 0. The molecule has 3 heterocycles. The van der Waals surface area contributed by atoms with Crippen LogP contribution in [0.1, 0.15) is 31.4 Å². The largest absolute Gasteiger partial charge is 0.354 e.